The third kappa shape index (κ3) is 1.96. The molecule has 1 aromatic rings. The molecule has 0 bridgehead atoms. The van der Waals surface area contributed by atoms with Crippen LogP contribution in [0.25, 0.3) is 0 Å². The molecule has 92 valence electrons. The van der Waals surface area contributed by atoms with E-state index in [2.05, 4.69) is 16.8 Å². The normalized spacial score (nSPS) is 24.4. The summed E-state index contributed by atoms with van der Waals surface area (Å²) in [6.07, 6.45) is 3.69. The van der Waals surface area contributed by atoms with Crippen LogP contribution in [0.2, 0.25) is 0 Å². The first kappa shape index (κ1) is 10.8. The van der Waals surface area contributed by atoms with Gasteiger partial charge in [-0.3, -0.25) is 0 Å². The summed E-state index contributed by atoms with van der Waals surface area (Å²) in [5.74, 6) is 4.02. The van der Waals surface area contributed by atoms with Crippen molar-refractivity contribution in [3.63, 3.8) is 0 Å². The number of anilines is 2. The van der Waals surface area contributed by atoms with Crippen LogP contribution >= 0.6 is 0 Å². The van der Waals surface area contributed by atoms with Crippen molar-refractivity contribution < 1.29 is 0 Å². The van der Waals surface area contributed by atoms with Crippen molar-refractivity contribution in [1.29, 1.82) is 0 Å². The lowest BCUT2D eigenvalue weighted by Crippen LogP contribution is -2.23. The molecule has 2 fully saturated rings. The minimum absolute atomic E-state index is 0.566. The lowest BCUT2D eigenvalue weighted by Gasteiger charge is -2.20. The van der Waals surface area contributed by atoms with Gasteiger partial charge in [-0.1, -0.05) is 6.92 Å². The molecule has 0 amide bonds. The molecule has 1 saturated heterocycles. The summed E-state index contributed by atoms with van der Waals surface area (Å²) in [5, 5.41) is 0. The Morgan fingerprint density at radius 2 is 2.00 bits per heavy atom. The minimum atomic E-state index is 0.566. The molecule has 1 unspecified atom stereocenters. The first-order valence-electron chi connectivity index (χ1n) is 6.54. The largest absolute Gasteiger partial charge is 0.383 e. The minimum Gasteiger partial charge on any atom is -0.383 e. The fourth-order valence-corrected chi connectivity index (χ4v) is 2.50. The molecule has 1 aromatic heterocycles. The van der Waals surface area contributed by atoms with Gasteiger partial charge < -0.3 is 10.6 Å². The van der Waals surface area contributed by atoms with Crippen LogP contribution in [0.4, 0.5) is 11.6 Å². The van der Waals surface area contributed by atoms with Gasteiger partial charge in [0.15, 0.2) is 0 Å². The predicted molar refractivity (Wildman–Crippen MR) is 69.2 cm³/mol. The lowest BCUT2D eigenvalue weighted by molar-refractivity contribution is 0.658. The number of nitrogen functional groups attached to an aromatic ring is 1. The van der Waals surface area contributed by atoms with Crippen LogP contribution in [0.15, 0.2) is 0 Å². The van der Waals surface area contributed by atoms with Crippen molar-refractivity contribution in [2.75, 3.05) is 23.7 Å². The molecule has 17 heavy (non-hydrogen) atoms. The van der Waals surface area contributed by atoms with Crippen LogP contribution < -0.4 is 10.6 Å². The Kier molecular flexibility index (Phi) is 2.45. The standard InChI is InChI=1S/C13H20N4/c1-8-5-6-17(7-8)13-9(2)11(14)15-12(16-13)10-3-4-10/h8,10H,3-7H2,1-2H3,(H2,14,15,16). The summed E-state index contributed by atoms with van der Waals surface area (Å²) in [7, 11) is 0. The zero-order valence-corrected chi connectivity index (χ0v) is 10.6. The maximum absolute atomic E-state index is 6.01. The first-order chi connectivity index (χ1) is 8.15. The SMILES string of the molecule is Cc1c(N)nc(C2CC2)nc1N1CCC(C)C1. The van der Waals surface area contributed by atoms with E-state index in [0.29, 0.717) is 11.7 Å². The molecule has 0 radical (unpaired) electrons. The van der Waals surface area contributed by atoms with Gasteiger partial charge in [0.25, 0.3) is 0 Å². The van der Waals surface area contributed by atoms with Crippen LogP contribution in [-0.2, 0) is 0 Å². The molecule has 1 aliphatic heterocycles. The van der Waals surface area contributed by atoms with Crippen molar-refractivity contribution in [3.8, 4) is 0 Å². The Morgan fingerprint density at radius 1 is 1.24 bits per heavy atom. The fraction of sp³-hybridized carbons (Fsp3) is 0.692. The summed E-state index contributed by atoms with van der Waals surface area (Å²) in [5.41, 5.74) is 7.06. The third-order valence-electron chi connectivity index (χ3n) is 3.84. The van der Waals surface area contributed by atoms with E-state index in [1.807, 2.05) is 6.92 Å². The summed E-state index contributed by atoms with van der Waals surface area (Å²) in [6.45, 7) is 6.52. The van der Waals surface area contributed by atoms with Gasteiger partial charge in [0.1, 0.15) is 17.5 Å². The highest BCUT2D eigenvalue weighted by molar-refractivity contribution is 5.57. The molecule has 0 aromatic carbocycles. The maximum Gasteiger partial charge on any atom is 0.137 e. The molecule has 1 saturated carbocycles. The molecule has 4 nitrogen and oxygen atoms in total. The molecule has 2 heterocycles. The second-order valence-electron chi connectivity index (χ2n) is 5.53. The zero-order chi connectivity index (χ0) is 12.0. The van der Waals surface area contributed by atoms with E-state index in [1.54, 1.807) is 0 Å². The van der Waals surface area contributed by atoms with E-state index in [-0.39, 0.29) is 0 Å². The topological polar surface area (TPSA) is 55.0 Å². The monoisotopic (exact) mass is 232 g/mol. The average Bonchev–Trinajstić information content (AvgIpc) is 3.05. The molecule has 3 rings (SSSR count). The predicted octanol–water partition coefficient (Wildman–Crippen LogP) is 2.09. The number of rotatable bonds is 2. The van der Waals surface area contributed by atoms with E-state index in [1.165, 1.54) is 19.3 Å². The number of hydrogen-bond donors (Lipinski definition) is 1. The second-order valence-corrected chi connectivity index (χ2v) is 5.53. The van der Waals surface area contributed by atoms with Crippen molar-refractivity contribution in [2.24, 2.45) is 5.92 Å². The highest BCUT2D eigenvalue weighted by Gasteiger charge is 2.29. The number of nitrogens with zero attached hydrogens (tertiary/aromatic N) is 3. The van der Waals surface area contributed by atoms with E-state index >= 15 is 0 Å². The van der Waals surface area contributed by atoms with E-state index in [0.717, 1.165) is 36.2 Å². The number of hydrogen-bond acceptors (Lipinski definition) is 4. The molecule has 1 aliphatic carbocycles. The molecule has 1 atom stereocenters. The van der Waals surface area contributed by atoms with E-state index < -0.39 is 0 Å². The summed E-state index contributed by atoms with van der Waals surface area (Å²) in [6, 6.07) is 0. The molecule has 4 heteroatoms. The summed E-state index contributed by atoms with van der Waals surface area (Å²) in [4.78, 5) is 11.5. The summed E-state index contributed by atoms with van der Waals surface area (Å²) < 4.78 is 0. The summed E-state index contributed by atoms with van der Waals surface area (Å²) >= 11 is 0. The third-order valence-corrected chi connectivity index (χ3v) is 3.84. The Hall–Kier alpha value is -1.32. The Bertz CT molecular complexity index is 439. The zero-order valence-electron chi connectivity index (χ0n) is 10.6. The van der Waals surface area contributed by atoms with Crippen molar-refractivity contribution in [3.05, 3.63) is 11.4 Å². The van der Waals surface area contributed by atoms with E-state index in [4.69, 9.17) is 10.7 Å². The molecule has 0 spiro atoms. The van der Waals surface area contributed by atoms with Gasteiger partial charge in [0.2, 0.25) is 0 Å². The van der Waals surface area contributed by atoms with Gasteiger partial charge in [-0.15, -0.1) is 0 Å². The lowest BCUT2D eigenvalue weighted by atomic mass is 10.2. The van der Waals surface area contributed by atoms with Crippen molar-refractivity contribution >= 4 is 11.6 Å². The average molecular weight is 232 g/mol. The van der Waals surface area contributed by atoms with Crippen molar-refractivity contribution in [1.82, 2.24) is 9.97 Å². The smallest absolute Gasteiger partial charge is 0.137 e. The van der Waals surface area contributed by atoms with Crippen molar-refractivity contribution in [2.45, 2.75) is 39.0 Å². The fourth-order valence-electron chi connectivity index (χ4n) is 2.50. The second kappa shape index (κ2) is 3.86. The Balaban J connectivity index is 1.96. The number of nitrogens with two attached hydrogens (primary N) is 1. The highest BCUT2D eigenvalue weighted by atomic mass is 15.2. The van der Waals surface area contributed by atoms with Gasteiger partial charge in [-0.05, 0) is 32.1 Å². The molecular formula is C13H20N4. The van der Waals surface area contributed by atoms with Crippen LogP contribution in [0.5, 0.6) is 0 Å². The highest BCUT2D eigenvalue weighted by Crippen LogP contribution is 2.40. The quantitative estimate of drug-likeness (QED) is 0.848. The van der Waals surface area contributed by atoms with Crippen LogP contribution in [0.3, 0.4) is 0 Å². The van der Waals surface area contributed by atoms with Gasteiger partial charge >= 0.3 is 0 Å². The van der Waals surface area contributed by atoms with Crippen LogP contribution in [0.1, 0.15) is 43.5 Å². The first-order valence-corrected chi connectivity index (χ1v) is 6.54. The van der Waals surface area contributed by atoms with Crippen LogP contribution in [0, 0.1) is 12.8 Å². The molecule has 2 aliphatic rings. The molecular weight excluding hydrogens is 212 g/mol. The van der Waals surface area contributed by atoms with Gasteiger partial charge in [0.05, 0.1) is 0 Å². The Morgan fingerprint density at radius 3 is 2.59 bits per heavy atom. The van der Waals surface area contributed by atoms with E-state index in [9.17, 15) is 0 Å². The number of aromatic nitrogens is 2. The van der Waals surface area contributed by atoms with Gasteiger partial charge in [-0.2, -0.15) is 0 Å². The van der Waals surface area contributed by atoms with Gasteiger partial charge in [-0.25, -0.2) is 9.97 Å². The maximum atomic E-state index is 6.01. The van der Waals surface area contributed by atoms with Gasteiger partial charge in [0, 0.05) is 24.6 Å². The van der Waals surface area contributed by atoms with Crippen LogP contribution in [-0.4, -0.2) is 23.1 Å². The molecule has 2 N–H and O–H groups in total. The Labute approximate surface area is 102 Å².